The first-order valence-corrected chi connectivity index (χ1v) is 12.6. The summed E-state index contributed by atoms with van der Waals surface area (Å²) >= 11 is 0. The molecule has 0 aliphatic rings. The highest BCUT2D eigenvalue weighted by molar-refractivity contribution is 7.89. The minimum Gasteiger partial charge on any atom is -0.340 e. The van der Waals surface area contributed by atoms with Crippen molar-refractivity contribution >= 4 is 27.5 Å². The Morgan fingerprint density at radius 3 is 2.14 bits per heavy atom. The highest BCUT2D eigenvalue weighted by atomic mass is 32.2. The van der Waals surface area contributed by atoms with Gasteiger partial charge in [-0.05, 0) is 68.8 Å². The maximum atomic E-state index is 14.8. The third kappa shape index (κ3) is 7.43. The van der Waals surface area contributed by atoms with E-state index in [4.69, 9.17) is 0 Å². The van der Waals surface area contributed by atoms with Crippen molar-refractivity contribution in [3.05, 3.63) is 95.6 Å². The Kier molecular flexibility index (Phi) is 8.21. The van der Waals surface area contributed by atoms with Gasteiger partial charge in [-0.3, -0.25) is 9.59 Å². The van der Waals surface area contributed by atoms with Crippen molar-refractivity contribution in [2.24, 2.45) is 0 Å². The molecule has 3 rings (SSSR count). The highest BCUT2D eigenvalue weighted by Crippen LogP contribution is 2.21. The number of amides is 2. The van der Waals surface area contributed by atoms with Crippen LogP contribution in [0.2, 0.25) is 0 Å². The van der Waals surface area contributed by atoms with Crippen LogP contribution in [-0.4, -0.2) is 31.8 Å². The van der Waals surface area contributed by atoms with Gasteiger partial charge in [-0.1, -0.05) is 30.3 Å². The molecular formula is C26H27F2N3O4S. The lowest BCUT2D eigenvalue weighted by molar-refractivity contribution is -0.118. The fourth-order valence-electron chi connectivity index (χ4n) is 3.35. The zero-order chi connectivity index (χ0) is 26.5. The molecule has 0 spiro atoms. The molecule has 190 valence electrons. The third-order valence-corrected chi connectivity index (χ3v) is 6.72. The van der Waals surface area contributed by atoms with Gasteiger partial charge in [0.25, 0.3) is 5.91 Å². The van der Waals surface area contributed by atoms with Crippen LogP contribution < -0.4 is 15.4 Å². The summed E-state index contributed by atoms with van der Waals surface area (Å²) < 4.78 is 55.4. The van der Waals surface area contributed by atoms with E-state index >= 15 is 0 Å². The Morgan fingerprint density at radius 2 is 1.56 bits per heavy atom. The molecule has 0 heterocycles. The molecule has 0 saturated carbocycles. The van der Waals surface area contributed by atoms with Gasteiger partial charge in [0.2, 0.25) is 15.9 Å². The maximum absolute atomic E-state index is 14.8. The quantitative estimate of drug-likeness (QED) is 0.422. The molecule has 36 heavy (non-hydrogen) atoms. The van der Waals surface area contributed by atoms with Gasteiger partial charge >= 0.3 is 0 Å². The molecule has 3 aromatic carbocycles. The van der Waals surface area contributed by atoms with Gasteiger partial charge in [0, 0.05) is 17.5 Å². The number of anilines is 1. The second-order valence-electron chi connectivity index (χ2n) is 9.21. The van der Waals surface area contributed by atoms with Gasteiger partial charge < -0.3 is 10.6 Å². The molecule has 0 aliphatic heterocycles. The van der Waals surface area contributed by atoms with Crippen LogP contribution in [0.4, 0.5) is 14.5 Å². The first-order chi connectivity index (χ1) is 16.8. The average Bonchev–Trinajstić information content (AvgIpc) is 2.79. The van der Waals surface area contributed by atoms with Crippen molar-refractivity contribution in [2.45, 2.75) is 43.7 Å². The largest absolute Gasteiger partial charge is 0.340 e. The lowest BCUT2D eigenvalue weighted by Crippen LogP contribution is -2.45. The Labute approximate surface area is 209 Å². The number of benzene rings is 3. The van der Waals surface area contributed by atoms with E-state index in [1.54, 1.807) is 51.1 Å². The van der Waals surface area contributed by atoms with Crippen LogP contribution in [0.1, 0.15) is 36.7 Å². The minimum atomic E-state index is -3.98. The van der Waals surface area contributed by atoms with Gasteiger partial charge in [-0.15, -0.1) is 0 Å². The van der Waals surface area contributed by atoms with Gasteiger partial charge in [0.05, 0.1) is 10.6 Å². The molecule has 0 saturated heterocycles. The second-order valence-corrected chi connectivity index (χ2v) is 10.9. The van der Waals surface area contributed by atoms with Crippen molar-refractivity contribution in [1.82, 2.24) is 10.0 Å². The average molecular weight is 516 g/mol. The predicted octanol–water partition coefficient (Wildman–Crippen LogP) is 4.02. The van der Waals surface area contributed by atoms with Gasteiger partial charge in [-0.2, -0.15) is 0 Å². The lowest BCUT2D eigenvalue weighted by Gasteiger charge is -2.21. The van der Waals surface area contributed by atoms with Crippen molar-refractivity contribution in [2.75, 3.05) is 5.32 Å². The SMILES string of the molecule is CC(C)(C)NS(=O)(=O)c1ccc(NC(=O)C(Cc2ccccc2)NC(=O)c2ccc(F)cc2)c(F)c1. The van der Waals surface area contributed by atoms with E-state index in [2.05, 4.69) is 15.4 Å². The summed E-state index contributed by atoms with van der Waals surface area (Å²) in [4.78, 5) is 25.5. The number of sulfonamides is 1. The van der Waals surface area contributed by atoms with E-state index in [9.17, 15) is 26.8 Å². The topological polar surface area (TPSA) is 104 Å². The zero-order valence-electron chi connectivity index (χ0n) is 20.0. The van der Waals surface area contributed by atoms with Crippen LogP contribution in [0.25, 0.3) is 0 Å². The molecule has 3 aromatic rings. The monoisotopic (exact) mass is 515 g/mol. The van der Waals surface area contributed by atoms with Crippen molar-refractivity contribution < 1.29 is 26.8 Å². The number of rotatable bonds is 8. The van der Waals surface area contributed by atoms with E-state index in [0.717, 1.165) is 29.8 Å². The summed E-state index contributed by atoms with van der Waals surface area (Å²) in [6.45, 7) is 4.97. The van der Waals surface area contributed by atoms with Gasteiger partial charge in [-0.25, -0.2) is 21.9 Å². The van der Waals surface area contributed by atoms with Crippen molar-refractivity contribution in [1.29, 1.82) is 0 Å². The van der Waals surface area contributed by atoms with Crippen LogP contribution >= 0.6 is 0 Å². The molecular weight excluding hydrogens is 488 g/mol. The number of hydrogen-bond donors (Lipinski definition) is 3. The molecule has 0 bridgehead atoms. The molecule has 1 atom stereocenters. The smallest absolute Gasteiger partial charge is 0.251 e. The van der Waals surface area contributed by atoms with E-state index < -0.39 is 45.1 Å². The summed E-state index contributed by atoms with van der Waals surface area (Å²) in [5.74, 6) is -2.79. The van der Waals surface area contributed by atoms with E-state index in [1.165, 1.54) is 18.2 Å². The fourth-order valence-corrected chi connectivity index (χ4v) is 4.78. The standard InChI is InChI=1S/C26H27F2N3O4S/c1-26(2,3)31-36(34,35)20-13-14-22(21(28)16-20)29-25(33)23(15-17-7-5-4-6-8-17)30-24(32)18-9-11-19(27)12-10-18/h4-14,16,23,31H,15H2,1-3H3,(H,29,33)(H,30,32). The number of halogens is 2. The van der Waals surface area contributed by atoms with Crippen molar-refractivity contribution in [3.63, 3.8) is 0 Å². The summed E-state index contributed by atoms with van der Waals surface area (Å²) in [6.07, 6.45) is 0.100. The Bertz CT molecular complexity index is 1340. The molecule has 3 N–H and O–H groups in total. The number of nitrogens with one attached hydrogen (secondary N) is 3. The van der Waals surface area contributed by atoms with Crippen LogP contribution in [-0.2, 0) is 21.2 Å². The molecule has 0 aromatic heterocycles. The molecule has 0 radical (unpaired) electrons. The lowest BCUT2D eigenvalue weighted by atomic mass is 10.0. The first kappa shape index (κ1) is 27.0. The molecule has 0 aliphatic carbocycles. The molecule has 0 fully saturated rings. The van der Waals surface area contributed by atoms with Crippen LogP contribution in [0, 0.1) is 11.6 Å². The van der Waals surface area contributed by atoms with E-state index in [1.807, 2.05) is 0 Å². The molecule has 1 unspecified atom stereocenters. The number of carbonyl (C=O) groups is 2. The molecule has 2 amide bonds. The van der Waals surface area contributed by atoms with Crippen LogP contribution in [0.5, 0.6) is 0 Å². The normalized spacial score (nSPS) is 12.6. The summed E-state index contributed by atoms with van der Waals surface area (Å²) in [7, 11) is -3.98. The Balaban J connectivity index is 1.82. The van der Waals surface area contributed by atoms with Crippen molar-refractivity contribution in [3.8, 4) is 0 Å². The Hall–Kier alpha value is -3.63. The van der Waals surface area contributed by atoms with Gasteiger partial charge in [0.1, 0.15) is 17.7 Å². The highest BCUT2D eigenvalue weighted by Gasteiger charge is 2.25. The zero-order valence-corrected chi connectivity index (χ0v) is 20.8. The predicted molar refractivity (Wildman–Crippen MR) is 133 cm³/mol. The summed E-state index contributed by atoms with van der Waals surface area (Å²) in [6, 6.07) is 15.7. The Morgan fingerprint density at radius 1 is 0.917 bits per heavy atom. The van der Waals surface area contributed by atoms with Gasteiger partial charge in [0.15, 0.2) is 0 Å². The van der Waals surface area contributed by atoms with E-state index in [-0.39, 0.29) is 22.6 Å². The minimum absolute atomic E-state index is 0.100. The number of hydrogen-bond acceptors (Lipinski definition) is 4. The number of carbonyl (C=O) groups excluding carboxylic acids is 2. The molecule has 7 nitrogen and oxygen atoms in total. The maximum Gasteiger partial charge on any atom is 0.251 e. The fraction of sp³-hybridized carbons (Fsp3) is 0.231. The third-order valence-electron chi connectivity index (χ3n) is 4.96. The van der Waals surface area contributed by atoms with Crippen LogP contribution in [0.3, 0.4) is 0 Å². The second kappa shape index (κ2) is 11.0. The van der Waals surface area contributed by atoms with Crippen LogP contribution in [0.15, 0.2) is 77.7 Å². The summed E-state index contributed by atoms with van der Waals surface area (Å²) in [5, 5.41) is 5.02. The first-order valence-electron chi connectivity index (χ1n) is 11.1. The summed E-state index contributed by atoms with van der Waals surface area (Å²) in [5.41, 5.74) is -0.124. The van der Waals surface area contributed by atoms with E-state index in [0.29, 0.717) is 0 Å². The molecule has 10 heteroatoms.